The second-order valence-electron chi connectivity index (χ2n) is 27.0. The Morgan fingerprint density at radius 2 is 1.53 bits per heavy atom. The Balaban J connectivity index is 0.794. The largest absolute Gasteiger partial charge is 0.481 e. The van der Waals surface area contributed by atoms with E-state index in [1.54, 1.807) is 6.92 Å². The Morgan fingerprint density at radius 3 is 2.28 bits per heavy atom. The molecule has 430 valence electrons. The van der Waals surface area contributed by atoms with Crippen LogP contribution in [0.4, 0.5) is 0 Å². The number of carboxylic acids is 1. The maximum atomic E-state index is 12.4. The normalized spacial score (nSPS) is 52.1. The maximum absolute atomic E-state index is 12.4. The van der Waals surface area contributed by atoms with Gasteiger partial charge in [-0.15, -0.1) is 0 Å². The molecule has 0 saturated carbocycles. The molecule has 10 aliphatic heterocycles. The summed E-state index contributed by atoms with van der Waals surface area (Å²) in [5.41, 5.74) is -2.18. The lowest BCUT2D eigenvalue weighted by Crippen LogP contribution is -2.74. The third-order valence-corrected chi connectivity index (χ3v) is 20.2. The standard InChI is InChI=1S/C60H94O16/c1-31(19-32(2)29-61)20-42-34(4)22-48-57(8,75-42)28-45-54(72-48)55(65)60(11)50(70-45)27-44-53(76-60)33(3)13-12-14-40-39(68-44)15-16-46-58(9,73-40)30-59(10)49(71-46)26-43-41(74-59)17-18-56(7,66)47(69-43)25-37(62)24-38-21-35(5)52(67-38)36(6)23-51(63)64/h12-13,19,32-33,35-50,52-55,61-62,65-66H,4,14-18,20-30H2,1-3,5-11H3,(H,63,64)/b13-12-,31-19+/t32-,33+,35+,36+,37-,38-,39+,40-,41+,42-,43-,44-,45-,46-,47+,48-,49+,50+,52-,53+,54-,55+,56+,57+,58+,59-,60+/m1/s1. The maximum Gasteiger partial charge on any atom is 0.303 e. The number of hydrogen-bond acceptors (Lipinski definition) is 15. The molecule has 0 aliphatic carbocycles. The average Bonchev–Trinajstić information content (AvgIpc) is 3.71. The molecular formula is C60H94O16. The summed E-state index contributed by atoms with van der Waals surface area (Å²) in [7, 11) is 0. The van der Waals surface area contributed by atoms with Crippen molar-refractivity contribution in [3.05, 3.63) is 36.0 Å². The summed E-state index contributed by atoms with van der Waals surface area (Å²) in [6.45, 7) is 24.9. The predicted molar refractivity (Wildman–Crippen MR) is 280 cm³/mol. The fourth-order valence-corrected chi connectivity index (χ4v) is 16.0. The molecule has 10 heterocycles. The summed E-state index contributed by atoms with van der Waals surface area (Å²) in [5, 5.41) is 54.8. The minimum Gasteiger partial charge on any atom is -0.481 e. The first-order chi connectivity index (χ1) is 35.8. The van der Waals surface area contributed by atoms with Crippen LogP contribution < -0.4 is 0 Å². The molecule has 0 aromatic carbocycles. The SMILES string of the molecule is C=C1C[C@H]2O[C@@H]3[C@@H](C[C@]2(C)O[C@@H]1C/C(C)=C/[C@@H](C)CO)O[C@H]1C[C@H]2O[C@H]4CC[C@H]5O[C@H]6C[C@H]7O[C@@H](C[C@H](O)C[C@H]8C[C@H](C)[C@H]([C@@H](C)CC(=O)O)O8)[C@@](C)(O)CC[C@@H]7O[C@]6(C)C[C@]5(C)O[C@@H]4C/C=C\[C@H](C)[C@@H]2O[C@]1(C)[C@H]3O. The van der Waals surface area contributed by atoms with Crippen LogP contribution in [0.2, 0.25) is 0 Å². The van der Waals surface area contributed by atoms with Gasteiger partial charge in [-0.3, -0.25) is 4.79 Å². The molecule has 10 rings (SSSR count). The Hall–Kier alpha value is -1.87. The minimum atomic E-state index is -1.20. The lowest BCUT2D eigenvalue weighted by molar-refractivity contribution is -0.369. The quantitative estimate of drug-likeness (QED) is 0.129. The average molecular weight is 1070 g/mol. The van der Waals surface area contributed by atoms with Gasteiger partial charge in [-0.05, 0) is 123 Å². The summed E-state index contributed by atoms with van der Waals surface area (Å²) in [4.78, 5) is 11.4. The van der Waals surface area contributed by atoms with Gasteiger partial charge < -0.3 is 72.9 Å². The molecule has 16 nitrogen and oxygen atoms in total. The number of carbonyl (C=O) groups is 1. The number of fused-ring (bicyclic) bond motifs is 8. The van der Waals surface area contributed by atoms with Crippen molar-refractivity contribution in [3.8, 4) is 0 Å². The van der Waals surface area contributed by atoms with Gasteiger partial charge in [0.15, 0.2) is 0 Å². The van der Waals surface area contributed by atoms with Gasteiger partial charge >= 0.3 is 5.97 Å². The number of ether oxygens (including phenoxy) is 10. The third kappa shape index (κ3) is 11.2. The molecular weight excluding hydrogens is 977 g/mol. The lowest BCUT2D eigenvalue weighted by Gasteiger charge is -2.61. The zero-order valence-electron chi connectivity index (χ0n) is 47.2. The van der Waals surface area contributed by atoms with E-state index >= 15 is 0 Å². The molecule has 0 aromatic rings. The van der Waals surface area contributed by atoms with E-state index in [2.05, 4.69) is 66.3 Å². The first kappa shape index (κ1) is 57.4. The van der Waals surface area contributed by atoms with E-state index in [0.717, 1.165) is 17.6 Å². The van der Waals surface area contributed by atoms with Crippen molar-refractivity contribution in [3.63, 3.8) is 0 Å². The van der Waals surface area contributed by atoms with Crippen molar-refractivity contribution in [2.24, 2.45) is 23.7 Å². The molecule has 0 unspecified atom stereocenters. The second kappa shape index (κ2) is 21.8. The fraction of sp³-hybridized carbons (Fsp3) is 0.883. The zero-order valence-corrected chi connectivity index (χ0v) is 47.2. The first-order valence-electron chi connectivity index (χ1n) is 29.4. The molecule has 10 aliphatic rings. The molecule has 0 radical (unpaired) electrons. The Morgan fingerprint density at radius 1 is 0.789 bits per heavy atom. The van der Waals surface area contributed by atoms with E-state index in [0.29, 0.717) is 77.0 Å². The van der Waals surface area contributed by atoms with Crippen molar-refractivity contribution in [2.75, 3.05) is 6.61 Å². The molecule has 0 bridgehead atoms. The molecule has 9 saturated heterocycles. The molecule has 0 spiro atoms. The van der Waals surface area contributed by atoms with Crippen molar-refractivity contribution in [1.82, 2.24) is 0 Å². The second-order valence-corrected chi connectivity index (χ2v) is 27.0. The molecule has 27 atom stereocenters. The Kier molecular flexibility index (Phi) is 16.5. The van der Waals surface area contributed by atoms with Gasteiger partial charge in [0.25, 0.3) is 0 Å². The van der Waals surface area contributed by atoms with Gasteiger partial charge in [0.1, 0.15) is 17.8 Å². The summed E-state index contributed by atoms with van der Waals surface area (Å²) >= 11 is 0. The van der Waals surface area contributed by atoms with E-state index in [9.17, 15) is 30.3 Å². The summed E-state index contributed by atoms with van der Waals surface area (Å²) in [6.07, 6.45) is 7.40. The first-order valence-corrected chi connectivity index (χ1v) is 29.4. The molecule has 16 heteroatoms. The zero-order chi connectivity index (χ0) is 54.4. The Labute approximate surface area is 451 Å². The van der Waals surface area contributed by atoms with E-state index in [1.165, 1.54) is 0 Å². The summed E-state index contributed by atoms with van der Waals surface area (Å²) in [6, 6.07) is 0. The van der Waals surface area contributed by atoms with Gasteiger partial charge in [-0.2, -0.15) is 0 Å². The topological polar surface area (TPSA) is 211 Å². The van der Waals surface area contributed by atoms with Crippen molar-refractivity contribution in [2.45, 2.75) is 303 Å². The van der Waals surface area contributed by atoms with Crippen LogP contribution in [0, 0.1) is 23.7 Å². The van der Waals surface area contributed by atoms with Crippen LogP contribution >= 0.6 is 0 Å². The molecule has 0 amide bonds. The van der Waals surface area contributed by atoms with Crippen LogP contribution in [-0.2, 0) is 52.2 Å². The fourth-order valence-electron chi connectivity index (χ4n) is 16.0. The van der Waals surface area contributed by atoms with Crippen LogP contribution in [0.3, 0.4) is 0 Å². The van der Waals surface area contributed by atoms with Crippen LogP contribution in [0.5, 0.6) is 0 Å². The van der Waals surface area contributed by atoms with Gasteiger partial charge in [0.05, 0.1) is 126 Å². The highest BCUT2D eigenvalue weighted by Gasteiger charge is 2.65. The van der Waals surface area contributed by atoms with E-state index in [4.69, 9.17) is 47.4 Å². The number of carboxylic acid groups (broad SMARTS) is 1. The van der Waals surface area contributed by atoms with Crippen LogP contribution in [0.1, 0.15) is 166 Å². The minimum absolute atomic E-state index is 0.0239. The summed E-state index contributed by atoms with van der Waals surface area (Å²) < 4.78 is 70.0. The van der Waals surface area contributed by atoms with E-state index in [1.807, 2.05) is 20.8 Å². The summed E-state index contributed by atoms with van der Waals surface area (Å²) in [5.74, 6) is -0.759. The van der Waals surface area contributed by atoms with Crippen LogP contribution in [-0.4, -0.2) is 176 Å². The van der Waals surface area contributed by atoms with Crippen molar-refractivity contribution in [1.29, 1.82) is 0 Å². The monoisotopic (exact) mass is 1070 g/mol. The molecule has 76 heavy (non-hydrogen) atoms. The number of aliphatic hydroxyl groups excluding tert-OH is 3. The smallest absolute Gasteiger partial charge is 0.303 e. The van der Waals surface area contributed by atoms with Crippen LogP contribution in [0.15, 0.2) is 36.0 Å². The highest BCUT2D eigenvalue weighted by atomic mass is 16.6. The molecule has 0 aromatic heterocycles. The molecule has 9 fully saturated rings. The van der Waals surface area contributed by atoms with Gasteiger partial charge in [-0.1, -0.05) is 58.1 Å². The number of aliphatic hydroxyl groups is 4. The highest BCUT2D eigenvalue weighted by molar-refractivity contribution is 5.67. The van der Waals surface area contributed by atoms with Gasteiger partial charge in [0.2, 0.25) is 0 Å². The number of rotatable bonds is 11. The van der Waals surface area contributed by atoms with Crippen molar-refractivity contribution < 1.29 is 77.7 Å². The predicted octanol–water partition coefficient (Wildman–Crippen LogP) is 7.23. The highest BCUT2D eigenvalue weighted by Crippen LogP contribution is 2.54. The third-order valence-electron chi connectivity index (χ3n) is 20.2. The van der Waals surface area contributed by atoms with Gasteiger partial charge in [0, 0.05) is 44.6 Å². The Bertz CT molecular complexity index is 2150. The number of hydrogen-bond donors (Lipinski definition) is 5. The number of aliphatic carboxylic acids is 1. The molecule has 5 N–H and O–H groups in total. The van der Waals surface area contributed by atoms with Crippen LogP contribution in [0.25, 0.3) is 0 Å². The van der Waals surface area contributed by atoms with Crippen molar-refractivity contribution >= 4 is 5.97 Å². The van der Waals surface area contributed by atoms with E-state index in [-0.39, 0.29) is 116 Å². The van der Waals surface area contributed by atoms with E-state index < -0.39 is 70.6 Å². The lowest BCUT2D eigenvalue weighted by atomic mass is 9.72. The van der Waals surface area contributed by atoms with Gasteiger partial charge in [-0.25, -0.2) is 0 Å².